The number of halogens is 3. The highest BCUT2D eigenvalue weighted by atomic mass is 19.4. The maximum absolute atomic E-state index is 13.3. The maximum Gasteiger partial charge on any atom is 0.471 e. The summed E-state index contributed by atoms with van der Waals surface area (Å²) in [5.41, 5.74) is 1.21. The summed E-state index contributed by atoms with van der Waals surface area (Å²) in [5.74, 6) is -1.73. The Morgan fingerprint density at radius 1 is 1.16 bits per heavy atom. The van der Waals surface area contributed by atoms with E-state index in [0.717, 1.165) is 31.2 Å². The molecule has 2 aliphatic carbocycles. The smallest absolute Gasteiger partial charge is 0.344 e. The number of nitrogens with zero attached hydrogens (tertiary/aromatic N) is 3. The van der Waals surface area contributed by atoms with Crippen molar-refractivity contribution in [2.75, 3.05) is 0 Å². The van der Waals surface area contributed by atoms with Gasteiger partial charge in [0.1, 0.15) is 6.04 Å². The van der Waals surface area contributed by atoms with Gasteiger partial charge in [0.15, 0.2) is 0 Å². The molecule has 1 N–H and O–H groups in total. The third-order valence-electron chi connectivity index (χ3n) is 5.68. The first-order chi connectivity index (χ1) is 15.1. The maximum atomic E-state index is 13.3. The van der Waals surface area contributed by atoms with Crippen molar-refractivity contribution in [1.82, 2.24) is 20.4 Å². The van der Waals surface area contributed by atoms with E-state index in [2.05, 4.69) is 20.0 Å². The number of nitrogens with one attached hydrogen (secondary N) is 1. The average Bonchev–Trinajstić information content (AvgIpc) is 3.67. The van der Waals surface area contributed by atoms with Crippen molar-refractivity contribution in [3.8, 4) is 11.4 Å². The molecule has 2 amide bonds. The summed E-state index contributed by atoms with van der Waals surface area (Å²) in [6, 6.07) is 6.22. The normalized spacial score (nSPS) is 17.3. The van der Waals surface area contributed by atoms with Gasteiger partial charge in [0.2, 0.25) is 17.6 Å². The number of hydrogen-bond donors (Lipinski definition) is 1. The Labute approximate surface area is 183 Å². The Balaban J connectivity index is 1.46. The molecule has 0 aliphatic heterocycles. The van der Waals surface area contributed by atoms with Crippen molar-refractivity contribution >= 4 is 11.8 Å². The fraction of sp³-hybridized carbons (Fsp3) is 0.545. The third kappa shape index (κ3) is 5.11. The van der Waals surface area contributed by atoms with Crippen LogP contribution < -0.4 is 5.32 Å². The predicted octanol–water partition coefficient (Wildman–Crippen LogP) is 3.80. The summed E-state index contributed by atoms with van der Waals surface area (Å²) < 4.78 is 42.3. The first-order valence-electron chi connectivity index (χ1n) is 10.7. The first kappa shape index (κ1) is 22.3. The van der Waals surface area contributed by atoms with Gasteiger partial charge in [0, 0.05) is 24.1 Å². The molecule has 1 unspecified atom stereocenters. The molecule has 2 fully saturated rings. The largest absolute Gasteiger partial charge is 0.471 e. The van der Waals surface area contributed by atoms with Crippen LogP contribution in [0, 0.1) is 11.8 Å². The van der Waals surface area contributed by atoms with E-state index in [1.54, 1.807) is 29.2 Å². The molecule has 7 nitrogen and oxygen atoms in total. The van der Waals surface area contributed by atoms with E-state index in [1.807, 2.05) is 13.8 Å². The van der Waals surface area contributed by atoms with E-state index >= 15 is 0 Å². The fourth-order valence-electron chi connectivity index (χ4n) is 3.49. The zero-order valence-corrected chi connectivity index (χ0v) is 17.9. The molecular weight excluding hydrogens is 425 g/mol. The Morgan fingerprint density at radius 3 is 2.31 bits per heavy atom. The number of carbonyl (C=O) groups is 2. The molecule has 1 aromatic carbocycles. The Hall–Kier alpha value is -2.91. The monoisotopic (exact) mass is 450 g/mol. The molecule has 2 aromatic rings. The van der Waals surface area contributed by atoms with Gasteiger partial charge in [-0.1, -0.05) is 43.3 Å². The zero-order chi connectivity index (χ0) is 23.0. The highest BCUT2D eigenvalue weighted by Gasteiger charge is 2.40. The van der Waals surface area contributed by atoms with Crippen molar-refractivity contribution in [2.24, 2.45) is 11.8 Å². The summed E-state index contributed by atoms with van der Waals surface area (Å²) in [6.45, 7) is 4.18. The number of hydrogen-bond acceptors (Lipinski definition) is 5. The Bertz CT molecular complexity index is 979. The lowest BCUT2D eigenvalue weighted by atomic mass is 10.0. The van der Waals surface area contributed by atoms with Gasteiger partial charge >= 0.3 is 12.1 Å². The SMILES string of the molecule is CC(C)C(NC(=O)C1CC1)C(=O)N(Cc1ccc(-c2noc(C(F)(F)F)n2)cc1)C1CC1. The minimum Gasteiger partial charge on any atom is -0.344 e. The third-order valence-corrected chi connectivity index (χ3v) is 5.68. The molecule has 10 heteroatoms. The Morgan fingerprint density at radius 2 is 1.81 bits per heavy atom. The van der Waals surface area contributed by atoms with E-state index in [4.69, 9.17) is 0 Å². The molecule has 1 atom stereocenters. The molecule has 0 radical (unpaired) electrons. The molecule has 2 saturated carbocycles. The second-order valence-electron chi connectivity index (χ2n) is 8.82. The van der Waals surface area contributed by atoms with Crippen LogP contribution in [0.1, 0.15) is 51.0 Å². The highest BCUT2D eigenvalue weighted by molar-refractivity contribution is 5.89. The second kappa shape index (κ2) is 8.55. The minimum atomic E-state index is -4.70. The number of amides is 2. The van der Waals surface area contributed by atoms with Gasteiger partial charge in [-0.25, -0.2) is 0 Å². The Kier molecular flexibility index (Phi) is 5.96. The van der Waals surface area contributed by atoms with Crippen molar-refractivity contribution in [1.29, 1.82) is 0 Å². The molecule has 2 aliphatic rings. The van der Waals surface area contributed by atoms with Crippen molar-refractivity contribution in [2.45, 2.75) is 64.3 Å². The summed E-state index contributed by atoms with van der Waals surface area (Å²) >= 11 is 0. The summed E-state index contributed by atoms with van der Waals surface area (Å²) in [4.78, 5) is 30.7. The fourth-order valence-corrected chi connectivity index (χ4v) is 3.49. The topological polar surface area (TPSA) is 88.3 Å². The summed E-state index contributed by atoms with van der Waals surface area (Å²) in [6.07, 6.45) is -1.14. The molecular formula is C22H25F3N4O3. The first-order valence-corrected chi connectivity index (χ1v) is 10.7. The molecule has 1 aromatic heterocycles. The van der Waals surface area contributed by atoms with Crippen LogP contribution in [-0.4, -0.2) is 38.9 Å². The van der Waals surface area contributed by atoms with Crippen LogP contribution in [0.15, 0.2) is 28.8 Å². The van der Waals surface area contributed by atoms with Gasteiger partial charge in [-0.05, 0) is 37.2 Å². The minimum absolute atomic E-state index is 0.0222. The van der Waals surface area contributed by atoms with Gasteiger partial charge in [-0.3, -0.25) is 9.59 Å². The van der Waals surface area contributed by atoms with Crippen LogP contribution >= 0.6 is 0 Å². The van der Waals surface area contributed by atoms with Gasteiger partial charge in [-0.15, -0.1) is 0 Å². The zero-order valence-electron chi connectivity index (χ0n) is 17.9. The van der Waals surface area contributed by atoms with E-state index in [0.29, 0.717) is 12.1 Å². The molecule has 4 rings (SSSR count). The standard InChI is InChI=1S/C22H25F3N4O3/c1-12(2)17(26-19(30)15-7-8-15)20(31)29(16-9-10-16)11-13-3-5-14(6-4-13)18-27-21(32-28-18)22(23,24)25/h3-6,12,15-17H,7-11H2,1-2H3,(H,26,30). The summed E-state index contributed by atoms with van der Waals surface area (Å²) in [5, 5.41) is 6.31. The molecule has 0 bridgehead atoms. The highest BCUT2D eigenvalue weighted by Crippen LogP contribution is 2.32. The van der Waals surface area contributed by atoms with E-state index in [1.165, 1.54) is 0 Å². The summed E-state index contributed by atoms with van der Waals surface area (Å²) in [7, 11) is 0. The van der Waals surface area contributed by atoms with Gasteiger partial charge in [0.05, 0.1) is 0 Å². The van der Waals surface area contributed by atoms with Crippen LogP contribution in [0.3, 0.4) is 0 Å². The molecule has 0 saturated heterocycles. The second-order valence-corrected chi connectivity index (χ2v) is 8.82. The van der Waals surface area contributed by atoms with Crippen LogP contribution in [0.5, 0.6) is 0 Å². The van der Waals surface area contributed by atoms with Crippen LogP contribution in [0.2, 0.25) is 0 Å². The lowest BCUT2D eigenvalue weighted by Gasteiger charge is -2.30. The van der Waals surface area contributed by atoms with Gasteiger partial charge in [0.25, 0.3) is 0 Å². The molecule has 172 valence electrons. The lowest BCUT2D eigenvalue weighted by Crippen LogP contribution is -2.52. The quantitative estimate of drug-likeness (QED) is 0.661. The van der Waals surface area contributed by atoms with Crippen molar-refractivity contribution < 1.29 is 27.3 Å². The average molecular weight is 450 g/mol. The van der Waals surface area contributed by atoms with Crippen LogP contribution in [0.25, 0.3) is 11.4 Å². The number of alkyl halides is 3. The van der Waals surface area contributed by atoms with E-state index in [-0.39, 0.29) is 35.5 Å². The number of benzene rings is 1. The molecule has 0 spiro atoms. The van der Waals surface area contributed by atoms with Crippen LogP contribution in [-0.2, 0) is 22.3 Å². The van der Waals surface area contributed by atoms with E-state index in [9.17, 15) is 22.8 Å². The van der Waals surface area contributed by atoms with Gasteiger partial charge < -0.3 is 14.7 Å². The number of aromatic nitrogens is 2. The predicted molar refractivity (Wildman–Crippen MR) is 108 cm³/mol. The van der Waals surface area contributed by atoms with Gasteiger partial charge in [-0.2, -0.15) is 18.2 Å². The lowest BCUT2D eigenvalue weighted by molar-refractivity contribution is -0.159. The molecule has 1 heterocycles. The van der Waals surface area contributed by atoms with Crippen molar-refractivity contribution in [3.05, 3.63) is 35.7 Å². The number of carbonyl (C=O) groups excluding carboxylic acids is 2. The molecule has 32 heavy (non-hydrogen) atoms. The van der Waals surface area contributed by atoms with Crippen LogP contribution in [0.4, 0.5) is 13.2 Å². The number of rotatable bonds is 8. The van der Waals surface area contributed by atoms with Crippen molar-refractivity contribution in [3.63, 3.8) is 0 Å². The van der Waals surface area contributed by atoms with E-state index < -0.39 is 18.1 Å².